The van der Waals surface area contributed by atoms with E-state index in [4.69, 9.17) is 4.74 Å². The van der Waals surface area contributed by atoms with Gasteiger partial charge in [-0.25, -0.2) is 8.42 Å². The van der Waals surface area contributed by atoms with Crippen molar-refractivity contribution in [2.45, 2.75) is 45.8 Å². The highest BCUT2D eigenvalue weighted by atomic mass is 32.2. The summed E-state index contributed by atoms with van der Waals surface area (Å²) < 4.78 is 31.6. The molecule has 0 radical (unpaired) electrons. The Morgan fingerprint density at radius 2 is 1.86 bits per heavy atom. The highest BCUT2D eigenvalue weighted by Gasteiger charge is 2.34. The normalized spacial score (nSPS) is 18.0. The Bertz CT molecular complexity index is 1030. The summed E-state index contributed by atoms with van der Waals surface area (Å²) in [6, 6.07) is 10.7. The summed E-state index contributed by atoms with van der Waals surface area (Å²) in [7, 11) is -3.43. The fourth-order valence-electron chi connectivity index (χ4n) is 3.42. The predicted molar refractivity (Wildman–Crippen MR) is 110 cm³/mol. The zero-order valence-electron chi connectivity index (χ0n) is 16.8. The molecule has 6 nitrogen and oxygen atoms in total. The molecule has 1 aliphatic heterocycles. The number of aryl methyl sites for hydroxylation is 2. The van der Waals surface area contributed by atoms with Crippen LogP contribution >= 0.6 is 0 Å². The third-order valence-corrected chi connectivity index (χ3v) is 5.31. The van der Waals surface area contributed by atoms with Crippen LogP contribution in [0.5, 0.6) is 5.75 Å². The van der Waals surface area contributed by atoms with E-state index >= 15 is 0 Å². The van der Waals surface area contributed by atoms with E-state index in [1.165, 1.54) is 0 Å². The molecule has 0 aromatic heterocycles. The smallest absolute Gasteiger partial charge is 0.251 e. The van der Waals surface area contributed by atoms with Gasteiger partial charge in [0.2, 0.25) is 10.0 Å². The maximum Gasteiger partial charge on any atom is 0.251 e. The molecule has 0 bridgehead atoms. The van der Waals surface area contributed by atoms with Gasteiger partial charge in [0, 0.05) is 17.5 Å². The van der Waals surface area contributed by atoms with Crippen LogP contribution < -0.4 is 14.8 Å². The molecule has 0 fully saturated rings. The second kappa shape index (κ2) is 7.13. The van der Waals surface area contributed by atoms with Crippen molar-refractivity contribution in [2.24, 2.45) is 0 Å². The topological polar surface area (TPSA) is 84.5 Å². The first-order chi connectivity index (χ1) is 12.9. The summed E-state index contributed by atoms with van der Waals surface area (Å²) in [5, 5.41) is 3.09. The molecule has 0 saturated heterocycles. The first kappa shape index (κ1) is 20.2. The number of carbonyl (C=O) groups excluding carboxylic acids is 1. The Labute approximate surface area is 166 Å². The van der Waals surface area contributed by atoms with Crippen LogP contribution in [0.3, 0.4) is 0 Å². The number of carbonyl (C=O) groups is 1. The molecule has 2 N–H and O–H groups in total. The van der Waals surface area contributed by atoms with Crippen molar-refractivity contribution in [3.63, 3.8) is 0 Å². The van der Waals surface area contributed by atoms with Crippen molar-refractivity contribution >= 4 is 21.6 Å². The number of amides is 1. The highest BCUT2D eigenvalue weighted by Crippen LogP contribution is 2.40. The lowest BCUT2D eigenvalue weighted by Gasteiger charge is -2.38. The average molecular weight is 403 g/mol. The fourth-order valence-corrected chi connectivity index (χ4v) is 4.04. The molecule has 0 spiro atoms. The monoisotopic (exact) mass is 402 g/mol. The molecule has 2 aromatic rings. The lowest BCUT2D eigenvalue weighted by Crippen LogP contribution is -2.41. The number of nitrogens with one attached hydrogen (secondary N) is 2. The van der Waals surface area contributed by atoms with E-state index in [0.717, 1.165) is 28.7 Å². The largest absolute Gasteiger partial charge is 0.487 e. The van der Waals surface area contributed by atoms with Crippen LogP contribution in [0.2, 0.25) is 0 Å². The van der Waals surface area contributed by atoms with Gasteiger partial charge < -0.3 is 10.1 Å². The molecule has 2 aromatic carbocycles. The molecule has 3 rings (SSSR count). The molecule has 1 atom stereocenters. The van der Waals surface area contributed by atoms with E-state index < -0.39 is 15.6 Å². The number of anilines is 1. The van der Waals surface area contributed by atoms with Gasteiger partial charge in [0.25, 0.3) is 5.91 Å². The Kier molecular flexibility index (Phi) is 5.14. The minimum absolute atomic E-state index is 0.196. The Hall–Kier alpha value is -2.54. The third-order valence-electron chi connectivity index (χ3n) is 4.72. The first-order valence-electron chi connectivity index (χ1n) is 9.12. The Balaban J connectivity index is 1.89. The Morgan fingerprint density at radius 3 is 2.54 bits per heavy atom. The fraction of sp³-hybridized carbons (Fsp3) is 0.381. The predicted octanol–water partition coefficient (Wildman–Crippen LogP) is 3.71. The molecule has 1 amide bonds. The lowest BCUT2D eigenvalue weighted by atomic mass is 9.88. The van der Waals surface area contributed by atoms with Crippen molar-refractivity contribution in [3.8, 4) is 5.75 Å². The molecule has 28 heavy (non-hydrogen) atoms. The van der Waals surface area contributed by atoms with E-state index in [0.29, 0.717) is 17.7 Å². The third kappa shape index (κ3) is 4.65. The maximum absolute atomic E-state index is 12.9. The van der Waals surface area contributed by atoms with E-state index in [9.17, 15) is 13.2 Å². The van der Waals surface area contributed by atoms with Crippen LogP contribution in [0.4, 0.5) is 5.69 Å². The number of ether oxygens (including phenoxy) is 1. The van der Waals surface area contributed by atoms with Gasteiger partial charge in [-0.1, -0.05) is 23.8 Å². The van der Waals surface area contributed by atoms with Gasteiger partial charge in [0.05, 0.1) is 18.0 Å². The second-order valence-electron chi connectivity index (χ2n) is 8.04. The number of hydrogen-bond donors (Lipinski definition) is 2. The first-order valence-corrected chi connectivity index (χ1v) is 11.0. The van der Waals surface area contributed by atoms with Crippen molar-refractivity contribution in [3.05, 3.63) is 58.7 Å². The molecule has 0 aliphatic carbocycles. The average Bonchev–Trinajstić information content (AvgIpc) is 2.55. The zero-order valence-corrected chi connectivity index (χ0v) is 17.6. The standard InChI is InChI=1S/C21H26N2O4S/c1-13-6-9-19-16(10-13)18(12-21(3,4)27-19)22-20(24)15-8-7-14(2)17(11-15)23-28(5,25)26/h6-11,18,23H,12H2,1-5H3,(H,22,24)/t18-/m0/s1. The number of hydrogen-bond acceptors (Lipinski definition) is 4. The number of fused-ring (bicyclic) bond motifs is 1. The molecule has 150 valence electrons. The summed E-state index contributed by atoms with van der Waals surface area (Å²) in [4.78, 5) is 12.9. The van der Waals surface area contributed by atoms with E-state index in [2.05, 4.69) is 10.0 Å². The van der Waals surface area contributed by atoms with Crippen LogP contribution in [0.25, 0.3) is 0 Å². The number of rotatable bonds is 4. The molecule has 0 saturated carbocycles. The maximum atomic E-state index is 12.9. The van der Waals surface area contributed by atoms with Gasteiger partial charge in [0.1, 0.15) is 11.4 Å². The van der Waals surface area contributed by atoms with Crippen LogP contribution in [-0.2, 0) is 10.0 Å². The zero-order chi connectivity index (χ0) is 20.7. The Morgan fingerprint density at radius 1 is 1.14 bits per heavy atom. The van der Waals surface area contributed by atoms with Gasteiger partial charge in [-0.05, 0) is 51.5 Å². The summed E-state index contributed by atoms with van der Waals surface area (Å²) >= 11 is 0. The van der Waals surface area contributed by atoms with Gasteiger partial charge in [-0.3, -0.25) is 9.52 Å². The van der Waals surface area contributed by atoms with Crippen molar-refractivity contribution in [1.82, 2.24) is 5.32 Å². The highest BCUT2D eigenvalue weighted by molar-refractivity contribution is 7.92. The minimum atomic E-state index is -3.43. The summed E-state index contributed by atoms with van der Waals surface area (Å²) in [5.74, 6) is 0.516. The lowest BCUT2D eigenvalue weighted by molar-refractivity contribution is 0.0619. The van der Waals surface area contributed by atoms with Gasteiger partial charge >= 0.3 is 0 Å². The van der Waals surface area contributed by atoms with Gasteiger partial charge in [0.15, 0.2) is 0 Å². The van der Waals surface area contributed by atoms with Crippen LogP contribution in [0.1, 0.15) is 53.4 Å². The number of sulfonamides is 1. The van der Waals surface area contributed by atoms with Crippen LogP contribution in [0.15, 0.2) is 36.4 Å². The van der Waals surface area contributed by atoms with E-state index in [1.54, 1.807) is 25.1 Å². The molecular formula is C21H26N2O4S. The molecule has 7 heteroatoms. The van der Waals surface area contributed by atoms with Crippen molar-refractivity contribution in [1.29, 1.82) is 0 Å². The summed E-state index contributed by atoms with van der Waals surface area (Å²) in [6.07, 6.45) is 1.72. The quantitative estimate of drug-likeness (QED) is 0.817. The van der Waals surface area contributed by atoms with Crippen molar-refractivity contribution in [2.75, 3.05) is 11.0 Å². The summed E-state index contributed by atoms with van der Waals surface area (Å²) in [6.45, 7) is 7.78. The minimum Gasteiger partial charge on any atom is -0.487 e. The molecule has 1 heterocycles. The second-order valence-corrected chi connectivity index (χ2v) is 9.79. The molecular weight excluding hydrogens is 376 g/mol. The van der Waals surface area contributed by atoms with Crippen LogP contribution in [0, 0.1) is 13.8 Å². The van der Waals surface area contributed by atoms with E-state index in [-0.39, 0.29) is 11.9 Å². The van der Waals surface area contributed by atoms with Gasteiger partial charge in [-0.2, -0.15) is 0 Å². The summed E-state index contributed by atoms with van der Waals surface area (Å²) in [5.41, 5.74) is 3.19. The van der Waals surface area contributed by atoms with E-state index in [1.807, 2.05) is 39.0 Å². The van der Waals surface area contributed by atoms with Crippen LogP contribution in [-0.4, -0.2) is 26.2 Å². The molecule has 0 unspecified atom stereocenters. The SMILES string of the molecule is Cc1ccc2c(c1)[C@@H](NC(=O)c1ccc(C)c(NS(C)(=O)=O)c1)CC(C)(C)O2. The molecule has 1 aliphatic rings. The van der Waals surface area contributed by atoms with Crippen molar-refractivity contribution < 1.29 is 17.9 Å². The van der Waals surface area contributed by atoms with Gasteiger partial charge in [-0.15, -0.1) is 0 Å². The number of benzene rings is 2.